The highest BCUT2D eigenvalue weighted by molar-refractivity contribution is 7.93. The van der Waals surface area contributed by atoms with Crippen LogP contribution in [0, 0.1) is 0 Å². The summed E-state index contributed by atoms with van der Waals surface area (Å²) in [7, 11) is -3.50. The molecule has 0 aliphatic carbocycles. The summed E-state index contributed by atoms with van der Waals surface area (Å²) in [5.74, 6) is -0.110. The molecule has 0 saturated carbocycles. The Morgan fingerprint density at radius 1 is 1.28 bits per heavy atom. The Bertz CT molecular complexity index is 869. The fraction of sp³-hybridized carbons (Fsp3) is 0.533. The second-order valence-electron chi connectivity index (χ2n) is 6.44. The van der Waals surface area contributed by atoms with Gasteiger partial charge in [0.25, 0.3) is 0 Å². The maximum atomic E-state index is 12.8. The maximum absolute atomic E-state index is 12.8. The van der Waals surface area contributed by atoms with Gasteiger partial charge in [0.15, 0.2) is 0 Å². The van der Waals surface area contributed by atoms with Gasteiger partial charge in [-0.05, 0) is 19.9 Å². The zero-order chi connectivity index (χ0) is 17.6. The minimum absolute atomic E-state index is 0.110. The molecule has 2 unspecified atom stereocenters. The molecule has 1 fully saturated rings. The first-order chi connectivity index (χ1) is 12.0. The topological polar surface area (TPSA) is 102 Å². The lowest BCUT2D eigenvalue weighted by Gasteiger charge is -2.27. The molecule has 2 aliphatic rings. The van der Waals surface area contributed by atoms with Crippen molar-refractivity contribution >= 4 is 15.7 Å². The van der Waals surface area contributed by atoms with Gasteiger partial charge in [0, 0.05) is 25.0 Å². The zero-order valence-corrected chi connectivity index (χ0v) is 14.8. The fourth-order valence-electron chi connectivity index (χ4n) is 3.33. The second-order valence-corrected chi connectivity index (χ2v) is 8.33. The molecule has 0 aromatic carbocycles. The van der Waals surface area contributed by atoms with E-state index in [9.17, 15) is 8.42 Å². The molecule has 2 aliphatic heterocycles. The summed E-state index contributed by atoms with van der Waals surface area (Å²) in [6.07, 6.45) is 4.22. The van der Waals surface area contributed by atoms with E-state index in [1.807, 2.05) is 11.6 Å². The van der Waals surface area contributed by atoms with Gasteiger partial charge in [-0.15, -0.1) is 0 Å². The SMILES string of the molecule is CC1C(Oc2ncccn2)CS(=O)(=O)N1c1cnn2c1CN[C@@H](C)C2. The largest absolute Gasteiger partial charge is 0.457 e. The predicted molar refractivity (Wildman–Crippen MR) is 90.7 cm³/mol. The zero-order valence-electron chi connectivity index (χ0n) is 14.0. The van der Waals surface area contributed by atoms with Crippen molar-refractivity contribution in [3.63, 3.8) is 0 Å². The third-order valence-electron chi connectivity index (χ3n) is 4.61. The van der Waals surface area contributed by atoms with Crippen LogP contribution >= 0.6 is 0 Å². The maximum Gasteiger partial charge on any atom is 0.316 e. The molecule has 1 saturated heterocycles. The van der Waals surface area contributed by atoms with Crippen LogP contribution in [-0.4, -0.2) is 52.1 Å². The second kappa shape index (κ2) is 5.95. The summed E-state index contributed by atoms with van der Waals surface area (Å²) in [6.45, 7) is 5.21. The third-order valence-corrected chi connectivity index (χ3v) is 6.49. The minimum Gasteiger partial charge on any atom is -0.457 e. The number of sulfonamides is 1. The van der Waals surface area contributed by atoms with Gasteiger partial charge in [0.05, 0.1) is 30.2 Å². The number of ether oxygens (including phenoxy) is 1. The van der Waals surface area contributed by atoms with Crippen LogP contribution in [0.2, 0.25) is 0 Å². The van der Waals surface area contributed by atoms with Crippen molar-refractivity contribution in [2.45, 2.75) is 45.1 Å². The van der Waals surface area contributed by atoms with Crippen LogP contribution in [0.15, 0.2) is 24.7 Å². The Kier molecular flexibility index (Phi) is 3.88. The van der Waals surface area contributed by atoms with Crippen LogP contribution in [0.3, 0.4) is 0 Å². The van der Waals surface area contributed by atoms with Crippen molar-refractivity contribution < 1.29 is 13.2 Å². The lowest BCUT2D eigenvalue weighted by Crippen LogP contribution is -2.40. The molecular formula is C15H20N6O3S. The Balaban J connectivity index is 1.64. The number of hydrogen-bond acceptors (Lipinski definition) is 7. The van der Waals surface area contributed by atoms with Crippen LogP contribution in [0.5, 0.6) is 6.01 Å². The summed E-state index contributed by atoms with van der Waals surface area (Å²) >= 11 is 0. The van der Waals surface area contributed by atoms with Gasteiger partial charge in [-0.1, -0.05) is 0 Å². The van der Waals surface area contributed by atoms with Crippen molar-refractivity contribution in [1.29, 1.82) is 0 Å². The molecule has 2 aromatic heterocycles. The quantitative estimate of drug-likeness (QED) is 0.827. The molecule has 4 heterocycles. The first-order valence-corrected chi connectivity index (χ1v) is 9.80. The summed E-state index contributed by atoms with van der Waals surface area (Å²) in [6, 6.07) is 1.80. The number of nitrogens with one attached hydrogen (secondary N) is 1. The number of nitrogens with zero attached hydrogens (tertiary/aromatic N) is 5. The molecule has 1 N–H and O–H groups in total. The van der Waals surface area contributed by atoms with E-state index in [-0.39, 0.29) is 17.8 Å². The molecule has 0 radical (unpaired) electrons. The van der Waals surface area contributed by atoms with Crippen LogP contribution in [0.25, 0.3) is 0 Å². The van der Waals surface area contributed by atoms with Crippen molar-refractivity contribution in [3.05, 3.63) is 30.4 Å². The summed E-state index contributed by atoms with van der Waals surface area (Å²) in [5.41, 5.74) is 1.50. The van der Waals surface area contributed by atoms with Gasteiger partial charge in [-0.3, -0.25) is 8.99 Å². The molecule has 9 nitrogen and oxygen atoms in total. The van der Waals surface area contributed by atoms with Crippen molar-refractivity contribution in [3.8, 4) is 6.01 Å². The highest BCUT2D eigenvalue weighted by atomic mass is 32.2. The van der Waals surface area contributed by atoms with Gasteiger partial charge < -0.3 is 10.1 Å². The smallest absolute Gasteiger partial charge is 0.316 e. The summed E-state index contributed by atoms with van der Waals surface area (Å²) in [4.78, 5) is 8.04. The molecule has 0 bridgehead atoms. The van der Waals surface area contributed by atoms with E-state index in [0.29, 0.717) is 18.3 Å². The number of rotatable bonds is 3. The average molecular weight is 364 g/mol. The van der Waals surface area contributed by atoms with Crippen molar-refractivity contribution in [2.24, 2.45) is 0 Å². The average Bonchev–Trinajstić information content (AvgIpc) is 3.06. The minimum atomic E-state index is -3.50. The monoisotopic (exact) mass is 364 g/mol. The van der Waals surface area contributed by atoms with Crippen LogP contribution < -0.4 is 14.4 Å². The number of fused-ring (bicyclic) bond motifs is 1. The standard InChI is InChI=1S/C15H20N6O3S/c1-10-8-20-12(6-18-10)13(7-19-20)21-11(2)14(9-25(21,22)23)24-15-16-4-3-5-17-15/h3-5,7,10-11,14,18H,6,8-9H2,1-2H3/t10-,11?,14?/m0/s1. The number of aromatic nitrogens is 4. The molecule has 2 aromatic rings. The highest BCUT2D eigenvalue weighted by Gasteiger charge is 2.46. The van der Waals surface area contributed by atoms with E-state index in [1.54, 1.807) is 24.7 Å². The van der Waals surface area contributed by atoms with Crippen LogP contribution in [0.4, 0.5) is 5.69 Å². The van der Waals surface area contributed by atoms with E-state index in [0.717, 1.165) is 12.2 Å². The molecular weight excluding hydrogens is 344 g/mol. The number of anilines is 1. The summed E-state index contributed by atoms with van der Waals surface area (Å²) in [5, 5.41) is 7.71. The summed E-state index contributed by atoms with van der Waals surface area (Å²) < 4.78 is 34.6. The Morgan fingerprint density at radius 3 is 2.80 bits per heavy atom. The van der Waals surface area contributed by atoms with Crippen molar-refractivity contribution in [1.82, 2.24) is 25.1 Å². The van der Waals surface area contributed by atoms with Crippen LogP contribution in [0.1, 0.15) is 19.5 Å². The van der Waals surface area contributed by atoms with E-state index in [4.69, 9.17) is 4.74 Å². The number of hydrogen-bond donors (Lipinski definition) is 1. The lowest BCUT2D eigenvalue weighted by molar-refractivity contribution is 0.193. The third kappa shape index (κ3) is 2.85. The van der Waals surface area contributed by atoms with Gasteiger partial charge in [-0.2, -0.15) is 5.10 Å². The fourth-order valence-corrected chi connectivity index (χ4v) is 5.35. The van der Waals surface area contributed by atoms with Gasteiger partial charge in [0.1, 0.15) is 11.9 Å². The molecule has 134 valence electrons. The highest BCUT2D eigenvalue weighted by Crippen LogP contribution is 2.34. The normalized spacial score (nSPS) is 27.9. The van der Waals surface area contributed by atoms with E-state index in [1.165, 1.54) is 4.31 Å². The molecule has 0 spiro atoms. The predicted octanol–water partition coefficient (Wildman–Crippen LogP) is 0.151. The Labute approximate surface area is 146 Å². The lowest BCUT2D eigenvalue weighted by atomic mass is 10.2. The van der Waals surface area contributed by atoms with Crippen molar-refractivity contribution in [2.75, 3.05) is 10.1 Å². The molecule has 4 rings (SSSR count). The molecule has 3 atom stereocenters. The molecule has 25 heavy (non-hydrogen) atoms. The first-order valence-electron chi connectivity index (χ1n) is 8.19. The van der Waals surface area contributed by atoms with Gasteiger partial charge in [0.2, 0.25) is 10.0 Å². The first kappa shape index (κ1) is 16.3. The Morgan fingerprint density at radius 2 is 2.04 bits per heavy atom. The van der Waals surface area contributed by atoms with Crippen LogP contribution in [-0.2, 0) is 23.1 Å². The molecule has 10 heteroatoms. The van der Waals surface area contributed by atoms with E-state index in [2.05, 4.69) is 27.3 Å². The van der Waals surface area contributed by atoms with Gasteiger partial charge >= 0.3 is 6.01 Å². The van der Waals surface area contributed by atoms with E-state index < -0.39 is 16.1 Å². The van der Waals surface area contributed by atoms with Gasteiger partial charge in [-0.25, -0.2) is 18.4 Å². The Hall–Kier alpha value is -2.20. The van der Waals surface area contributed by atoms with E-state index >= 15 is 0 Å². The molecule has 0 amide bonds.